The molecule has 0 saturated carbocycles. The largest absolute Gasteiger partial charge is 0.573 e. The topological polar surface area (TPSA) is 35.2 Å². The van der Waals surface area contributed by atoms with Gasteiger partial charge < -0.3 is 10.5 Å². The van der Waals surface area contributed by atoms with Crippen LogP contribution in [0.25, 0.3) is 0 Å². The van der Waals surface area contributed by atoms with Gasteiger partial charge in [0, 0.05) is 16.1 Å². The van der Waals surface area contributed by atoms with Crippen LogP contribution in [-0.2, 0) is 0 Å². The number of benzene rings is 1. The summed E-state index contributed by atoms with van der Waals surface area (Å²) in [6, 6.07) is 3.74. The van der Waals surface area contributed by atoms with Crippen LogP contribution < -0.4 is 10.5 Å². The molecule has 110 valence electrons. The summed E-state index contributed by atoms with van der Waals surface area (Å²) in [5.41, 5.74) is 5.95. The van der Waals surface area contributed by atoms with E-state index < -0.39 is 12.4 Å². The normalized spacial score (nSPS) is 13.7. The van der Waals surface area contributed by atoms with Crippen molar-refractivity contribution in [1.29, 1.82) is 0 Å². The van der Waals surface area contributed by atoms with Gasteiger partial charge in [-0.3, -0.25) is 0 Å². The van der Waals surface area contributed by atoms with Crippen LogP contribution in [0.2, 0.25) is 0 Å². The Morgan fingerprint density at radius 1 is 1.21 bits per heavy atom. The summed E-state index contributed by atoms with van der Waals surface area (Å²) in [6.07, 6.45) is -4.72. The quantitative estimate of drug-likeness (QED) is 0.819. The Morgan fingerprint density at radius 3 is 2.16 bits per heavy atom. The molecule has 0 amide bonds. The molecular formula is C12H16BrClF3NO. The SMILES string of the molecule is CC(C)(C)[C@@H](N)c1cc(Br)ccc1OC(F)(F)F.Cl. The molecule has 1 rings (SSSR count). The summed E-state index contributed by atoms with van der Waals surface area (Å²) in [5.74, 6) is -0.256. The van der Waals surface area contributed by atoms with Crippen molar-refractivity contribution in [3.05, 3.63) is 28.2 Å². The molecule has 0 unspecified atom stereocenters. The van der Waals surface area contributed by atoms with Gasteiger partial charge in [-0.05, 0) is 23.6 Å². The van der Waals surface area contributed by atoms with Gasteiger partial charge in [0.15, 0.2) is 0 Å². The van der Waals surface area contributed by atoms with Crippen LogP contribution in [0.4, 0.5) is 13.2 Å². The van der Waals surface area contributed by atoms with Gasteiger partial charge >= 0.3 is 6.36 Å². The molecule has 19 heavy (non-hydrogen) atoms. The number of halogens is 5. The van der Waals surface area contributed by atoms with Crippen LogP contribution in [0.5, 0.6) is 5.75 Å². The lowest BCUT2D eigenvalue weighted by atomic mass is 9.83. The Kier molecular flexibility index (Phi) is 6.17. The highest BCUT2D eigenvalue weighted by atomic mass is 79.9. The molecule has 0 aliphatic rings. The van der Waals surface area contributed by atoms with Crippen LogP contribution in [0.1, 0.15) is 32.4 Å². The monoisotopic (exact) mass is 361 g/mol. The highest BCUT2D eigenvalue weighted by Gasteiger charge is 2.34. The second-order valence-corrected chi connectivity index (χ2v) is 5.99. The molecule has 0 fully saturated rings. The van der Waals surface area contributed by atoms with Gasteiger partial charge in [-0.2, -0.15) is 0 Å². The highest BCUT2D eigenvalue weighted by Crippen LogP contribution is 2.38. The molecule has 1 atom stereocenters. The Bertz CT molecular complexity index is 432. The summed E-state index contributed by atoms with van der Waals surface area (Å²) in [4.78, 5) is 0. The fourth-order valence-corrected chi connectivity index (χ4v) is 1.83. The smallest absolute Gasteiger partial charge is 0.405 e. The third kappa shape index (κ3) is 5.58. The van der Waals surface area contributed by atoms with Crippen molar-refractivity contribution in [3.63, 3.8) is 0 Å². The fraction of sp³-hybridized carbons (Fsp3) is 0.500. The van der Waals surface area contributed by atoms with Crippen molar-refractivity contribution >= 4 is 28.3 Å². The van der Waals surface area contributed by atoms with Gasteiger partial charge in [0.05, 0.1) is 0 Å². The van der Waals surface area contributed by atoms with Crippen LogP contribution in [-0.4, -0.2) is 6.36 Å². The third-order valence-corrected chi connectivity index (χ3v) is 2.96. The number of hydrogen-bond donors (Lipinski definition) is 1. The zero-order chi connectivity index (χ0) is 14.1. The Labute approximate surface area is 125 Å². The van der Waals surface area contributed by atoms with E-state index in [-0.39, 0.29) is 23.6 Å². The maximum absolute atomic E-state index is 12.3. The molecule has 0 radical (unpaired) electrons. The average Bonchev–Trinajstić information content (AvgIpc) is 2.16. The van der Waals surface area contributed by atoms with E-state index in [1.54, 1.807) is 6.07 Å². The minimum atomic E-state index is -4.72. The van der Waals surface area contributed by atoms with E-state index in [9.17, 15) is 13.2 Å². The zero-order valence-electron chi connectivity index (χ0n) is 10.7. The average molecular weight is 363 g/mol. The molecule has 0 heterocycles. The molecule has 0 saturated heterocycles. The predicted octanol–water partition coefficient (Wildman–Crippen LogP) is 4.82. The minimum absolute atomic E-state index is 0. The summed E-state index contributed by atoms with van der Waals surface area (Å²) in [6.45, 7) is 5.57. The van der Waals surface area contributed by atoms with Crippen LogP contribution in [0.15, 0.2) is 22.7 Å². The number of rotatable bonds is 2. The van der Waals surface area contributed by atoms with E-state index in [0.29, 0.717) is 10.0 Å². The molecule has 0 bridgehead atoms. The van der Waals surface area contributed by atoms with E-state index in [1.165, 1.54) is 12.1 Å². The van der Waals surface area contributed by atoms with E-state index in [1.807, 2.05) is 20.8 Å². The van der Waals surface area contributed by atoms with Crippen molar-refractivity contribution in [2.45, 2.75) is 33.2 Å². The molecule has 1 aromatic carbocycles. The molecule has 1 aromatic rings. The lowest BCUT2D eigenvalue weighted by Crippen LogP contribution is -2.28. The van der Waals surface area contributed by atoms with Gasteiger partial charge in [-0.15, -0.1) is 25.6 Å². The first-order chi connectivity index (χ1) is 8.00. The van der Waals surface area contributed by atoms with Crippen molar-refractivity contribution in [1.82, 2.24) is 0 Å². The summed E-state index contributed by atoms with van der Waals surface area (Å²) in [5, 5.41) is 0. The van der Waals surface area contributed by atoms with Gasteiger partial charge in [-0.25, -0.2) is 0 Å². The second kappa shape index (κ2) is 6.33. The van der Waals surface area contributed by atoms with Crippen molar-refractivity contribution in [3.8, 4) is 5.75 Å². The summed E-state index contributed by atoms with van der Waals surface area (Å²) in [7, 11) is 0. The maximum Gasteiger partial charge on any atom is 0.573 e. The van der Waals surface area contributed by atoms with Crippen LogP contribution >= 0.6 is 28.3 Å². The van der Waals surface area contributed by atoms with Crippen molar-refractivity contribution in [2.75, 3.05) is 0 Å². The molecule has 0 aliphatic heterocycles. The molecule has 0 spiro atoms. The van der Waals surface area contributed by atoms with E-state index >= 15 is 0 Å². The molecule has 2 nitrogen and oxygen atoms in total. The minimum Gasteiger partial charge on any atom is -0.405 e. The van der Waals surface area contributed by atoms with Crippen LogP contribution in [0.3, 0.4) is 0 Å². The first-order valence-corrected chi connectivity index (χ1v) is 6.11. The van der Waals surface area contributed by atoms with Gasteiger partial charge in [0.2, 0.25) is 0 Å². The maximum atomic E-state index is 12.3. The Hall–Kier alpha value is -0.460. The number of ether oxygens (including phenoxy) is 1. The van der Waals surface area contributed by atoms with Crippen LogP contribution in [0, 0.1) is 5.41 Å². The van der Waals surface area contributed by atoms with Gasteiger partial charge in [0.1, 0.15) is 5.75 Å². The number of alkyl halides is 3. The Balaban J connectivity index is 0.00000324. The lowest BCUT2D eigenvalue weighted by Gasteiger charge is -2.29. The molecule has 0 aromatic heterocycles. The molecule has 7 heteroatoms. The Morgan fingerprint density at radius 2 is 1.74 bits per heavy atom. The fourth-order valence-electron chi connectivity index (χ4n) is 1.45. The molecular weight excluding hydrogens is 346 g/mol. The predicted molar refractivity (Wildman–Crippen MR) is 74.5 cm³/mol. The standard InChI is InChI=1S/C12H15BrF3NO.ClH/c1-11(2,3)10(17)8-6-7(13)4-5-9(8)18-12(14,15)16;/h4-6,10H,17H2,1-3H3;1H/t10-;/m0./s1. The van der Waals surface area contributed by atoms with E-state index in [4.69, 9.17) is 5.73 Å². The second-order valence-electron chi connectivity index (χ2n) is 5.07. The number of hydrogen-bond acceptors (Lipinski definition) is 2. The molecule has 0 aliphatic carbocycles. The first kappa shape index (κ1) is 18.5. The summed E-state index contributed by atoms with van der Waals surface area (Å²) < 4.78 is 41.6. The number of nitrogens with two attached hydrogens (primary N) is 1. The molecule has 2 N–H and O–H groups in total. The first-order valence-electron chi connectivity index (χ1n) is 5.31. The third-order valence-electron chi connectivity index (χ3n) is 2.47. The van der Waals surface area contributed by atoms with Crippen molar-refractivity contribution < 1.29 is 17.9 Å². The van der Waals surface area contributed by atoms with E-state index in [2.05, 4.69) is 20.7 Å². The van der Waals surface area contributed by atoms with Gasteiger partial charge in [0.25, 0.3) is 0 Å². The highest BCUT2D eigenvalue weighted by molar-refractivity contribution is 9.10. The van der Waals surface area contributed by atoms with Gasteiger partial charge in [-0.1, -0.05) is 36.7 Å². The zero-order valence-corrected chi connectivity index (χ0v) is 13.1. The van der Waals surface area contributed by atoms with E-state index in [0.717, 1.165) is 0 Å². The van der Waals surface area contributed by atoms with Crippen molar-refractivity contribution in [2.24, 2.45) is 11.1 Å². The summed E-state index contributed by atoms with van der Waals surface area (Å²) >= 11 is 3.22. The lowest BCUT2D eigenvalue weighted by molar-refractivity contribution is -0.275.